The summed E-state index contributed by atoms with van der Waals surface area (Å²) in [6.07, 6.45) is 3.25. The fourth-order valence-electron chi connectivity index (χ4n) is 2.07. The Morgan fingerprint density at radius 2 is 1.65 bits per heavy atom. The van der Waals surface area contributed by atoms with Crippen LogP contribution in [0.15, 0.2) is 60.9 Å². The molecular formula is C15H11NO. The molecule has 2 nitrogen and oxygen atoms in total. The number of hydrogen-bond donors (Lipinski definition) is 1. The fourth-order valence-corrected chi connectivity index (χ4v) is 2.07. The average molecular weight is 221 g/mol. The molecule has 1 heterocycles. The van der Waals surface area contributed by atoms with Crippen molar-refractivity contribution in [2.75, 3.05) is 0 Å². The molecule has 1 N–H and O–H groups in total. The van der Waals surface area contributed by atoms with Gasteiger partial charge in [0.15, 0.2) is 0 Å². The molecule has 3 rings (SSSR count). The molecule has 0 unspecified atom stereocenters. The van der Waals surface area contributed by atoms with Crippen molar-refractivity contribution >= 4 is 10.8 Å². The van der Waals surface area contributed by atoms with Gasteiger partial charge in [-0.05, 0) is 11.1 Å². The molecule has 82 valence electrons. The maximum Gasteiger partial charge on any atom is 0.142 e. The van der Waals surface area contributed by atoms with Crippen LogP contribution in [0, 0.1) is 0 Å². The molecule has 0 spiro atoms. The SMILES string of the molecule is Oc1cncc2cccc(-c3ccccc3)c12. The van der Waals surface area contributed by atoms with Gasteiger partial charge in [-0.1, -0.05) is 48.5 Å². The Morgan fingerprint density at radius 3 is 2.47 bits per heavy atom. The van der Waals surface area contributed by atoms with Gasteiger partial charge in [-0.15, -0.1) is 0 Å². The Balaban J connectivity index is 2.38. The van der Waals surface area contributed by atoms with Gasteiger partial charge in [0.05, 0.1) is 6.20 Å². The lowest BCUT2D eigenvalue weighted by atomic mass is 9.99. The van der Waals surface area contributed by atoms with E-state index in [2.05, 4.69) is 4.98 Å². The highest BCUT2D eigenvalue weighted by Crippen LogP contribution is 2.33. The number of pyridine rings is 1. The number of fused-ring (bicyclic) bond motifs is 1. The first-order valence-corrected chi connectivity index (χ1v) is 5.47. The Hall–Kier alpha value is -2.35. The van der Waals surface area contributed by atoms with Crippen LogP contribution in [0.3, 0.4) is 0 Å². The maximum absolute atomic E-state index is 9.95. The maximum atomic E-state index is 9.95. The minimum Gasteiger partial charge on any atom is -0.506 e. The van der Waals surface area contributed by atoms with Gasteiger partial charge in [0.2, 0.25) is 0 Å². The van der Waals surface area contributed by atoms with Gasteiger partial charge in [-0.3, -0.25) is 4.98 Å². The highest BCUT2D eigenvalue weighted by atomic mass is 16.3. The van der Waals surface area contributed by atoms with E-state index in [1.54, 1.807) is 6.20 Å². The second-order valence-corrected chi connectivity index (χ2v) is 3.93. The van der Waals surface area contributed by atoms with Crippen LogP contribution in [-0.2, 0) is 0 Å². The number of aromatic hydroxyl groups is 1. The summed E-state index contributed by atoms with van der Waals surface area (Å²) >= 11 is 0. The van der Waals surface area contributed by atoms with Gasteiger partial charge in [0.25, 0.3) is 0 Å². The number of rotatable bonds is 1. The Bertz CT molecular complexity index is 657. The molecule has 17 heavy (non-hydrogen) atoms. The van der Waals surface area contributed by atoms with Crippen molar-refractivity contribution in [1.82, 2.24) is 4.98 Å². The topological polar surface area (TPSA) is 33.1 Å². The third-order valence-electron chi connectivity index (χ3n) is 2.85. The van der Waals surface area contributed by atoms with E-state index in [4.69, 9.17) is 0 Å². The normalized spacial score (nSPS) is 10.6. The molecule has 1 aromatic heterocycles. The van der Waals surface area contributed by atoms with Crippen LogP contribution in [0.2, 0.25) is 0 Å². The van der Waals surface area contributed by atoms with E-state index >= 15 is 0 Å². The quantitative estimate of drug-likeness (QED) is 0.681. The summed E-state index contributed by atoms with van der Waals surface area (Å²) in [5, 5.41) is 11.8. The van der Waals surface area contributed by atoms with Crippen LogP contribution in [0.25, 0.3) is 21.9 Å². The van der Waals surface area contributed by atoms with Gasteiger partial charge < -0.3 is 5.11 Å². The second-order valence-electron chi connectivity index (χ2n) is 3.93. The van der Waals surface area contributed by atoms with E-state index in [1.165, 1.54) is 6.20 Å². The van der Waals surface area contributed by atoms with Crippen LogP contribution in [0.4, 0.5) is 0 Å². The summed E-state index contributed by atoms with van der Waals surface area (Å²) in [6, 6.07) is 16.0. The molecule has 0 fully saturated rings. The third-order valence-corrected chi connectivity index (χ3v) is 2.85. The molecule has 0 aliphatic rings. The largest absolute Gasteiger partial charge is 0.506 e. The summed E-state index contributed by atoms with van der Waals surface area (Å²) in [6.45, 7) is 0. The zero-order valence-electron chi connectivity index (χ0n) is 9.17. The smallest absolute Gasteiger partial charge is 0.142 e. The minimum absolute atomic E-state index is 0.224. The molecule has 0 bridgehead atoms. The highest BCUT2D eigenvalue weighted by Gasteiger charge is 2.07. The number of hydrogen-bond acceptors (Lipinski definition) is 2. The van der Waals surface area contributed by atoms with Crippen molar-refractivity contribution in [2.45, 2.75) is 0 Å². The molecule has 3 aromatic rings. The van der Waals surface area contributed by atoms with E-state index in [1.807, 2.05) is 48.5 Å². The molecule has 0 saturated heterocycles. The standard InChI is InChI=1S/C15H11NO/c17-14-10-16-9-12-7-4-8-13(15(12)14)11-5-2-1-3-6-11/h1-10,17H. The van der Waals surface area contributed by atoms with Gasteiger partial charge in [0, 0.05) is 17.0 Å². The van der Waals surface area contributed by atoms with E-state index in [-0.39, 0.29) is 5.75 Å². The molecule has 2 aromatic carbocycles. The molecule has 0 radical (unpaired) electrons. The Labute approximate surface area is 99.2 Å². The van der Waals surface area contributed by atoms with Crippen molar-refractivity contribution in [2.24, 2.45) is 0 Å². The summed E-state index contributed by atoms with van der Waals surface area (Å²) in [5.74, 6) is 0.224. The lowest BCUT2D eigenvalue weighted by Gasteiger charge is -2.07. The zero-order chi connectivity index (χ0) is 11.7. The van der Waals surface area contributed by atoms with Gasteiger partial charge in [0.1, 0.15) is 5.75 Å². The van der Waals surface area contributed by atoms with Crippen LogP contribution < -0.4 is 0 Å². The fraction of sp³-hybridized carbons (Fsp3) is 0. The molecule has 0 aliphatic carbocycles. The van der Waals surface area contributed by atoms with Crippen LogP contribution in [-0.4, -0.2) is 10.1 Å². The van der Waals surface area contributed by atoms with Gasteiger partial charge >= 0.3 is 0 Å². The van der Waals surface area contributed by atoms with E-state index < -0.39 is 0 Å². The summed E-state index contributed by atoms with van der Waals surface area (Å²) in [7, 11) is 0. The van der Waals surface area contributed by atoms with E-state index in [0.717, 1.165) is 21.9 Å². The van der Waals surface area contributed by atoms with Crippen molar-refractivity contribution in [3.8, 4) is 16.9 Å². The minimum atomic E-state index is 0.224. The average Bonchev–Trinajstić information content (AvgIpc) is 2.39. The van der Waals surface area contributed by atoms with Gasteiger partial charge in [-0.25, -0.2) is 0 Å². The van der Waals surface area contributed by atoms with Crippen molar-refractivity contribution in [1.29, 1.82) is 0 Å². The molecule has 0 aliphatic heterocycles. The van der Waals surface area contributed by atoms with Crippen molar-refractivity contribution < 1.29 is 5.11 Å². The van der Waals surface area contributed by atoms with Crippen LogP contribution >= 0.6 is 0 Å². The van der Waals surface area contributed by atoms with E-state index in [9.17, 15) is 5.11 Å². The highest BCUT2D eigenvalue weighted by molar-refractivity contribution is 6.00. The lowest BCUT2D eigenvalue weighted by molar-refractivity contribution is 0.479. The molecule has 0 amide bonds. The van der Waals surface area contributed by atoms with Crippen LogP contribution in [0.5, 0.6) is 5.75 Å². The molecular weight excluding hydrogens is 210 g/mol. The first kappa shape index (κ1) is 9.85. The summed E-state index contributed by atoms with van der Waals surface area (Å²) in [5.41, 5.74) is 2.13. The lowest BCUT2D eigenvalue weighted by Crippen LogP contribution is -1.83. The van der Waals surface area contributed by atoms with Gasteiger partial charge in [-0.2, -0.15) is 0 Å². The third kappa shape index (κ3) is 1.64. The second kappa shape index (κ2) is 3.91. The first-order valence-electron chi connectivity index (χ1n) is 5.47. The number of benzene rings is 2. The Kier molecular flexibility index (Phi) is 2.26. The molecule has 2 heteroatoms. The Morgan fingerprint density at radius 1 is 0.824 bits per heavy atom. The number of aromatic nitrogens is 1. The first-order chi connectivity index (χ1) is 8.36. The predicted molar refractivity (Wildman–Crippen MR) is 68.8 cm³/mol. The van der Waals surface area contributed by atoms with Crippen LogP contribution in [0.1, 0.15) is 0 Å². The van der Waals surface area contributed by atoms with E-state index in [0.29, 0.717) is 0 Å². The molecule has 0 atom stereocenters. The van der Waals surface area contributed by atoms with Crippen molar-refractivity contribution in [3.63, 3.8) is 0 Å². The molecule has 0 saturated carbocycles. The predicted octanol–water partition coefficient (Wildman–Crippen LogP) is 3.61. The number of nitrogens with zero attached hydrogens (tertiary/aromatic N) is 1. The zero-order valence-corrected chi connectivity index (χ0v) is 9.17. The monoisotopic (exact) mass is 221 g/mol. The van der Waals surface area contributed by atoms with Crippen molar-refractivity contribution in [3.05, 3.63) is 60.9 Å². The summed E-state index contributed by atoms with van der Waals surface area (Å²) in [4.78, 5) is 4.00. The summed E-state index contributed by atoms with van der Waals surface area (Å²) < 4.78 is 0.